The molecular formula is C21H26N4O2. The van der Waals surface area contributed by atoms with E-state index < -0.39 is 0 Å². The third-order valence-electron chi connectivity index (χ3n) is 4.84. The predicted octanol–water partition coefficient (Wildman–Crippen LogP) is 2.65. The molecule has 2 heterocycles. The number of nitrogens with one attached hydrogen (secondary N) is 1. The molecule has 0 unspecified atom stereocenters. The molecule has 6 heteroatoms. The minimum atomic E-state index is -0.228. The number of piperidine rings is 1. The fourth-order valence-corrected chi connectivity index (χ4v) is 3.59. The maximum Gasteiger partial charge on any atom is 0.256 e. The molecule has 0 aliphatic carbocycles. The molecule has 6 nitrogen and oxygen atoms in total. The lowest BCUT2D eigenvalue weighted by Crippen LogP contribution is -2.40. The standard InChI is InChI=1S/C21H26N4O2/c1-14-9-15(2)23-19(10-14)24-21(27)17-6-3-5-16(11-17)12-25-8-4-7-18(13-25)20(22)26/h3,5-6,9-11,18H,4,7-8,12-13H2,1-2H3,(H2,22,26)(H,23,24,27)/t18-/m1/s1. The number of carbonyl (C=O) groups is 2. The Hall–Kier alpha value is -2.73. The Balaban J connectivity index is 1.67. The van der Waals surface area contributed by atoms with E-state index in [1.807, 2.05) is 44.2 Å². The van der Waals surface area contributed by atoms with Gasteiger partial charge in [-0.05, 0) is 68.6 Å². The SMILES string of the molecule is Cc1cc(C)nc(NC(=O)c2cccc(CN3CCC[C@@H](C(N)=O)C3)c2)c1. The highest BCUT2D eigenvalue weighted by Gasteiger charge is 2.24. The summed E-state index contributed by atoms with van der Waals surface area (Å²) in [6.07, 6.45) is 1.82. The lowest BCUT2D eigenvalue weighted by Gasteiger charge is -2.31. The average Bonchev–Trinajstić information content (AvgIpc) is 2.61. The van der Waals surface area contributed by atoms with Gasteiger partial charge in [-0.15, -0.1) is 0 Å². The zero-order chi connectivity index (χ0) is 19.4. The first-order valence-electron chi connectivity index (χ1n) is 9.28. The van der Waals surface area contributed by atoms with Crippen molar-refractivity contribution in [1.29, 1.82) is 0 Å². The van der Waals surface area contributed by atoms with E-state index in [-0.39, 0.29) is 17.7 Å². The highest BCUT2D eigenvalue weighted by molar-refractivity contribution is 6.03. The molecule has 27 heavy (non-hydrogen) atoms. The molecule has 0 radical (unpaired) electrons. The van der Waals surface area contributed by atoms with E-state index in [9.17, 15) is 9.59 Å². The Morgan fingerprint density at radius 1 is 1.26 bits per heavy atom. The molecule has 1 saturated heterocycles. The number of hydrogen-bond donors (Lipinski definition) is 2. The zero-order valence-corrected chi connectivity index (χ0v) is 15.9. The van der Waals surface area contributed by atoms with Crippen LogP contribution in [0.3, 0.4) is 0 Å². The summed E-state index contributed by atoms with van der Waals surface area (Å²) in [6.45, 7) is 6.20. The molecule has 3 N–H and O–H groups in total. The van der Waals surface area contributed by atoms with Crippen molar-refractivity contribution in [3.63, 3.8) is 0 Å². The first-order chi connectivity index (χ1) is 12.9. The number of rotatable bonds is 5. The number of hydrogen-bond acceptors (Lipinski definition) is 4. The molecule has 0 saturated carbocycles. The molecule has 0 bridgehead atoms. The monoisotopic (exact) mass is 366 g/mol. The summed E-state index contributed by atoms with van der Waals surface area (Å²) in [4.78, 5) is 30.6. The molecule has 1 aliphatic rings. The number of amides is 2. The normalized spacial score (nSPS) is 17.5. The number of carbonyl (C=O) groups excluding carboxylic acids is 2. The van der Waals surface area contributed by atoms with Crippen molar-refractivity contribution in [2.75, 3.05) is 18.4 Å². The van der Waals surface area contributed by atoms with E-state index in [0.29, 0.717) is 24.5 Å². The lowest BCUT2D eigenvalue weighted by molar-refractivity contribution is -0.123. The number of nitrogens with two attached hydrogens (primary N) is 1. The highest BCUT2D eigenvalue weighted by Crippen LogP contribution is 2.19. The molecule has 3 rings (SSSR count). The van der Waals surface area contributed by atoms with E-state index in [1.165, 1.54) is 0 Å². The number of anilines is 1. The third kappa shape index (κ3) is 5.14. The van der Waals surface area contributed by atoms with Crippen LogP contribution in [-0.4, -0.2) is 34.8 Å². The fourth-order valence-electron chi connectivity index (χ4n) is 3.59. The Bertz CT molecular complexity index is 830. The molecule has 1 aromatic carbocycles. The molecule has 2 amide bonds. The van der Waals surface area contributed by atoms with E-state index in [0.717, 1.165) is 36.2 Å². The second kappa shape index (κ2) is 8.31. The molecule has 1 aliphatic heterocycles. The lowest BCUT2D eigenvalue weighted by atomic mass is 9.97. The summed E-state index contributed by atoms with van der Waals surface area (Å²) in [5.41, 5.74) is 9.02. The van der Waals surface area contributed by atoms with Gasteiger partial charge in [-0.1, -0.05) is 12.1 Å². The van der Waals surface area contributed by atoms with Gasteiger partial charge in [0, 0.05) is 24.3 Å². The Morgan fingerprint density at radius 2 is 2.07 bits per heavy atom. The van der Waals surface area contributed by atoms with Gasteiger partial charge in [0.2, 0.25) is 5.91 Å². The van der Waals surface area contributed by atoms with Crippen molar-refractivity contribution in [2.24, 2.45) is 11.7 Å². The number of pyridine rings is 1. The van der Waals surface area contributed by atoms with Crippen LogP contribution in [0.15, 0.2) is 36.4 Å². The number of nitrogens with zero attached hydrogens (tertiary/aromatic N) is 2. The zero-order valence-electron chi connectivity index (χ0n) is 15.9. The molecular weight excluding hydrogens is 340 g/mol. The van der Waals surface area contributed by atoms with Gasteiger partial charge in [-0.25, -0.2) is 4.98 Å². The second-order valence-electron chi connectivity index (χ2n) is 7.30. The second-order valence-corrected chi connectivity index (χ2v) is 7.30. The van der Waals surface area contributed by atoms with E-state index in [1.54, 1.807) is 6.07 Å². The number of likely N-dealkylation sites (tertiary alicyclic amines) is 1. The largest absolute Gasteiger partial charge is 0.369 e. The van der Waals surface area contributed by atoms with Crippen LogP contribution in [-0.2, 0) is 11.3 Å². The summed E-state index contributed by atoms with van der Waals surface area (Å²) >= 11 is 0. The average molecular weight is 366 g/mol. The van der Waals surface area contributed by atoms with Crippen LogP contribution < -0.4 is 11.1 Å². The van der Waals surface area contributed by atoms with Crippen LogP contribution in [0.4, 0.5) is 5.82 Å². The van der Waals surface area contributed by atoms with Gasteiger partial charge in [0.15, 0.2) is 0 Å². The van der Waals surface area contributed by atoms with Crippen LogP contribution in [0.25, 0.3) is 0 Å². The summed E-state index contributed by atoms with van der Waals surface area (Å²) in [7, 11) is 0. The summed E-state index contributed by atoms with van der Waals surface area (Å²) in [6, 6.07) is 11.4. The third-order valence-corrected chi connectivity index (χ3v) is 4.84. The molecule has 1 aromatic heterocycles. The van der Waals surface area contributed by atoms with Crippen LogP contribution in [0.1, 0.15) is 40.0 Å². The molecule has 0 spiro atoms. The number of aryl methyl sites for hydroxylation is 2. The van der Waals surface area contributed by atoms with Crippen LogP contribution >= 0.6 is 0 Å². The molecule has 142 valence electrons. The van der Waals surface area contributed by atoms with Crippen molar-refractivity contribution >= 4 is 17.6 Å². The van der Waals surface area contributed by atoms with Gasteiger partial charge in [0.1, 0.15) is 5.82 Å². The molecule has 1 fully saturated rings. The van der Waals surface area contributed by atoms with E-state index >= 15 is 0 Å². The Labute approximate surface area is 159 Å². The minimum Gasteiger partial charge on any atom is -0.369 e. The van der Waals surface area contributed by atoms with Crippen LogP contribution in [0.2, 0.25) is 0 Å². The Kier molecular flexibility index (Phi) is 5.86. The molecule has 1 atom stereocenters. The number of aromatic nitrogens is 1. The Morgan fingerprint density at radius 3 is 2.81 bits per heavy atom. The van der Waals surface area contributed by atoms with Gasteiger partial charge < -0.3 is 11.1 Å². The quantitative estimate of drug-likeness (QED) is 0.851. The maximum absolute atomic E-state index is 12.6. The van der Waals surface area contributed by atoms with Crippen molar-refractivity contribution < 1.29 is 9.59 Å². The van der Waals surface area contributed by atoms with Crippen LogP contribution in [0, 0.1) is 19.8 Å². The van der Waals surface area contributed by atoms with Gasteiger partial charge in [0.05, 0.1) is 5.92 Å². The van der Waals surface area contributed by atoms with Crippen molar-refractivity contribution in [3.05, 3.63) is 58.8 Å². The van der Waals surface area contributed by atoms with Gasteiger partial charge in [0.25, 0.3) is 5.91 Å². The van der Waals surface area contributed by atoms with E-state index in [2.05, 4.69) is 15.2 Å². The van der Waals surface area contributed by atoms with Gasteiger partial charge >= 0.3 is 0 Å². The smallest absolute Gasteiger partial charge is 0.256 e. The van der Waals surface area contributed by atoms with Gasteiger partial charge in [-0.3, -0.25) is 14.5 Å². The predicted molar refractivity (Wildman–Crippen MR) is 105 cm³/mol. The summed E-state index contributed by atoms with van der Waals surface area (Å²) < 4.78 is 0. The number of primary amides is 1. The topological polar surface area (TPSA) is 88.3 Å². The first-order valence-corrected chi connectivity index (χ1v) is 9.28. The summed E-state index contributed by atoms with van der Waals surface area (Å²) in [5, 5.41) is 2.87. The van der Waals surface area contributed by atoms with Crippen molar-refractivity contribution in [1.82, 2.24) is 9.88 Å². The van der Waals surface area contributed by atoms with Crippen LogP contribution in [0.5, 0.6) is 0 Å². The van der Waals surface area contributed by atoms with Crippen molar-refractivity contribution in [2.45, 2.75) is 33.2 Å². The summed E-state index contributed by atoms with van der Waals surface area (Å²) in [5.74, 6) is 0.0703. The first kappa shape index (κ1) is 19.0. The van der Waals surface area contributed by atoms with E-state index in [4.69, 9.17) is 5.73 Å². The minimum absolute atomic E-state index is 0.0825. The molecule has 2 aromatic rings. The highest BCUT2D eigenvalue weighted by atomic mass is 16.2. The number of benzene rings is 1. The van der Waals surface area contributed by atoms with Crippen molar-refractivity contribution in [3.8, 4) is 0 Å². The fraction of sp³-hybridized carbons (Fsp3) is 0.381. The maximum atomic E-state index is 12.6. The van der Waals surface area contributed by atoms with Gasteiger partial charge in [-0.2, -0.15) is 0 Å².